The average molecular weight is 233 g/mol. The normalized spacial score (nSPS) is 10.7. The minimum Gasteiger partial charge on any atom is -0.372 e. The number of H-pyrrole nitrogens is 2. The molecule has 90 valence electrons. The molecule has 0 aliphatic carbocycles. The molecule has 0 atom stereocenters. The van der Waals surface area contributed by atoms with Crippen LogP contribution in [0.3, 0.4) is 0 Å². The third-order valence-electron chi connectivity index (χ3n) is 2.83. The number of fused-ring (bicyclic) bond motifs is 1. The van der Waals surface area contributed by atoms with E-state index in [1.54, 1.807) is 6.07 Å². The second-order valence-corrected chi connectivity index (χ2v) is 3.81. The maximum absolute atomic E-state index is 11.2. The molecule has 0 radical (unpaired) electrons. The number of aromatic amines is 2. The number of nitrogens with one attached hydrogen (secondary N) is 2. The van der Waals surface area contributed by atoms with Crippen molar-refractivity contribution in [2.45, 2.75) is 13.8 Å². The van der Waals surface area contributed by atoms with E-state index in [1.165, 1.54) is 0 Å². The van der Waals surface area contributed by atoms with Crippen LogP contribution in [0.4, 0.5) is 5.69 Å². The Morgan fingerprint density at radius 2 is 1.59 bits per heavy atom. The summed E-state index contributed by atoms with van der Waals surface area (Å²) in [6.07, 6.45) is 0. The zero-order valence-electron chi connectivity index (χ0n) is 9.91. The molecule has 0 fully saturated rings. The van der Waals surface area contributed by atoms with Crippen molar-refractivity contribution >= 4 is 16.7 Å². The number of aromatic nitrogens is 2. The fourth-order valence-corrected chi connectivity index (χ4v) is 1.89. The molecule has 0 amide bonds. The minimum absolute atomic E-state index is 0.616. The maximum atomic E-state index is 11.2. The predicted molar refractivity (Wildman–Crippen MR) is 68.8 cm³/mol. The summed E-state index contributed by atoms with van der Waals surface area (Å²) in [7, 11) is 0. The van der Waals surface area contributed by atoms with Gasteiger partial charge in [0.05, 0.1) is 11.0 Å². The lowest BCUT2D eigenvalue weighted by atomic mass is 10.2. The first-order valence-electron chi connectivity index (χ1n) is 5.67. The van der Waals surface area contributed by atoms with E-state index in [0.717, 1.165) is 18.8 Å². The second kappa shape index (κ2) is 4.45. The molecule has 17 heavy (non-hydrogen) atoms. The summed E-state index contributed by atoms with van der Waals surface area (Å²) >= 11 is 0. The fourth-order valence-electron chi connectivity index (χ4n) is 1.89. The standard InChI is InChI=1S/C12H15N3O2/c1-3-15(4-2)8-5-6-9-10(7-8)14-12(17)11(16)13-9/h5-7H,3-4H2,1-2H3,(H,13,16)(H,14,17). The molecule has 2 rings (SSSR count). The first-order valence-corrected chi connectivity index (χ1v) is 5.67. The van der Waals surface area contributed by atoms with Crippen molar-refractivity contribution in [3.05, 3.63) is 38.9 Å². The quantitative estimate of drug-likeness (QED) is 0.779. The molecule has 5 nitrogen and oxygen atoms in total. The van der Waals surface area contributed by atoms with Crippen molar-refractivity contribution < 1.29 is 0 Å². The smallest absolute Gasteiger partial charge is 0.314 e. The number of benzene rings is 1. The third-order valence-corrected chi connectivity index (χ3v) is 2.83. The lowest BCUT2D eigenvalue weighted by Gasteiger charge is -2.21. The van der Waals surface area contributed by atoms with Gasteiger partial charge < -0.3 is 14.9 Å². The highest BCUT2D eigenvalue weighted by atomic mass is 16.2. The van der Waals surface area contributed by atoms with Crippen LogP contribution in [0.1, 0.15) is 13.8 Å². The third kappa shape index (κ3) is 2.08. The molecule has 0 saturated carbocycles. The van der Waals surface area contributed by atoms with Crippen LogP contribution in [-0.2, 0) is 0 Å². The number of hydrogen-bond acceptors (Lipinski definition) is 3. The van der Waals surface area contributed by atoms with E-state index in [9.17, 15) is 9.59 Å². The fraction of sp³-hybridized carbons (Fsp3) is 0.333. The summed E-state index contributed by atoms with van der Waals surface area (Å²) in [4.78, 5) is 29.7. The predicted octanol–water partition coefficient (Wildman–Crippen LogP) is 1.06. The lowest BCUT2D eigenvalue weighted by Crippen LogP contribution is -2.29. The molecule has 5 heteroatoms. The van der Waals surface area contributed by atoms with E-state index < -0.39 is 11.1 Å². The van der Waals surface area contributed by atoms with Gasteiger partial charge in [0.1, 0.15) is 0 Å². The molecule has 0 unspecified atom stereocenters. The minimum atomic E-state index is -0.618. The number of anilines is 1. The molecule has 0 aliphatic heterocycles. The molecule has 1 aromatic carbocycles. The Morgan fingerprint density at radius 3 is 2.18 bits per heavy atom. The topological polar surface area (TPSA) is 69.0 Å². The Kier molecular flexibility index (Phi) is 2.99. The van der Waals surface area contributed by atoms with Crippen LogP contribution in [0.25, 0.3) is 11.0 Å². The van der Waals surface area contributed by atoms with Gasteiger partial charge in [0, 0.05) is 18.8 Å². The summed E-state index contributed by atoms with van der Waals surface area (Å²) in [6.45, 7) is 5.94. The van der Waals surface area contributed by atoms with Gasteiger partial charge in [0.25, 0.3) is 0 Å². The van der Waals surface area contributed by atoms with Gasteiger partial charge in [-0.15, -0.1) is 0 Å². The van der Waals surface area contributed by atoms with Crippen LogP contribution >= 0.6 is 0 Å². The van der Waals surface area contributed by atoms with Crippen LogP contribution in [0.2, 0.25) is 0 Å². The zero-order valence-corrected chi connectivity index (χ0v) is 9.91. The molecule has 0 aliphatic rings. The van der Waals surface area contributed by atoms with Gasteiger partial charge >= 0.3 is 11.1 Å². The molecule has 1 heterocycles. The summed E-state index contributed by atoms with van der Waals surface area (Å²) in [6, 6.07) is 5.61. The zero-order chi connectivity index (χ0) is 12.4. The van der Waals surface area contributed by atoms with Gasteiger partial charge in [-0.25, -0.2) is 0 Å². The molecule has 0 bridgehead atoms. The van der Waals surface area contributed by atoms with Crippen molar-refractivity contribution in [3.8, 4) is 0 Å². The summed E-state index contributed by atoms with van der Waals surface area (Å²) < 4.78 is 0. The SMILES string of the molecule is CCN(CC)c1ccc2[nH]c(=O)c(=O)[nH]c2c1. The lowest BCUT2D eigenvalue weighted by molar-refractivity contribution is 0.867. The van der Waals surface area contributed by atoms with E-state index in [2.05, 4.69) is 28.7 Å². The van der Waals surface area contributed by atoms with Crippen LogP contribution < -0.4 is 16.0 Å². The summed E-state index contributed by atoms with van der Waals surface area (Å²) in [5.41, 5.74) is 1.09. The van der Waals surface area contributed by atoms with Crippen LogP contribution in [0.15, 0.2) is 27.8 Å². The monoisotopic (exact) mass is 233 g/mol. The molecular formula is C12H15N3O2. The number of hydrogen-bond donors (Lipinski definition) is 2. The Morgan fingerprint density at radius 1 is 1.00 bits per heavy atom. The van der Waals surface area contributed by atoms with E-state index in [4.69, 9.17) is 0 Å². The van der Waals surface area contributed by atoms with Crippen molar-refractivity contribution in [3.63, 3.8) is 0 Å². The molecule has 0 saturated heterocycles. The molecule has 2 aromatic rings. The summed E-state index contributed by atoms with van der Waals surface area (Å²) in [5.74, 6) is 0. The second-order valence-electron chi connectivity index (χ2n) is 3.81. The van der Waals surface area contributed by atoms with Crippen molar-refractivity contribution in [1.29, 1.82) is 0 Å². The highest BCUT2D eigenvalue weighted by Crippen LogP contribution is 2.17. The highest BCUT2D eigenvalue weighted by Gasteiger charge is 2.04. The van der Waals surface area contributed by atoms with E-state index in [-0.39, 0.29) is 0 Å². The van der Waals surface area contributed by atoms with Gasteiger partial charge in [-0.05, 0) is 32.0 Å². The molecule has 1 aromatic heterocycles. The average Bonchev–Trinajstić information content (AvgIpc) is 2.32. The maximum Gasteiger partial charge on any atom is 0.314 e. The Labute approximate surface area is 98.1 Å². The van der Waals surface area contributed by atoms with Gasteiger partial charge in [0.2, 0.25) is 0 Å². The van der Waals surface area contributed by atoms with Crippen LogP contribution in [-0.4, -0.2) is 23.1 Å². The first kappa shape index (κ1) is 11.4. The molecule has 2 N–H and O–H groups in total. The molecular weight excluding hydrogens is 218 g/mol. The van der Waals surface area contributed by atoms with Gasteiger partial charge in [0.15, 0.2) is 0 Å². The molecule has 0 spiro atoms. The van der Waals surface area contributed by atoms with E-state index >= 15 is 0 Å². The highest BCUT2D eigenvalue weighted by molar-refractivity contribution is 5.78. The van der Waals surface area contributed by atoms with E-state index in [0.29, 0.717) is 11.0 Å². The number of nitrogens with zero attached hydrogens (tertiary/aromatic N) is 1. The van der Waals surface area contributed by atoms with Gasteiger partial charge in [-0.1, -0.05) is 0 Å². The Hall–Kier alpha value is -2.04. The van der Waals surface area contributed by atoms with Gasteiger partial charge in [-0.3, -0.25) is 9.59 Å². The number of rotatable bonds is 3. The summed E-state index contributed by atoms with van der Waals surface area (Å²) in [5, 5.41) is 0. The van der Waals surface area contributed by atoms with Crippen LogP contribution in [0, 0.1) is 0 Å². The van der Waals surface area contributed by atoms with Crippen molar-refractivity contribution in [2.24, 2.45) is 0 Å². The van der Waals surface area contributed by atoms with Crippen molar-refractivity contribution in [1.82, 2.24) is 9.97 Å². The van der Waals surface area contributed by atoms with E-state index in [1.807, 2.05) is 12.1 Å². The van der Waals surface area contributed by atoms with Crippen molar-refractivity contribution in [2.75, 3.05) is 18.0 Å². The van der Waals surface area contributed by atoms with Crippen LogP contribution in [0.5, 0.6) is 0 Å². The largest absolute Gasteiger partial charge is 0.372 e. The Bertz CT molecular complexity index is 638. The first-order chi connectivity index (χ1) is 8.15. The van der Waals surface area contributed by atoms with Gasteiger partial charge in [-0.2, -0.15) is 0 Å². The Balaban J connectivity index is 2.61.